The fraction of sp³-hybridized carbons (Fsp3) is 0.562. The summed E-state index contributed by atoms with van der Waals surface area (Å²) in [5.74, 6) is 0. The predicted molar refractivity (Wildman–Crippen MR) is 82.7 cm³/mol. The van der Waals surface area contributed by atoms with Gasteiger partial charge in [-0.25, -0.2) is 0 Å². The van der Waals surface area contributed by atoms with Gasteiger partial charge in [-0.1, -0.05) is 13.0 Å². The maximum Gasteiger partial charge on any atom is 0.101 e. The predicted octanol–water partition coefficient (Wildman–Crippen LogP) is 2.26. The highest BCUT2D eigenvalue weighted by molar-refractivity contribution is 5.61. The summed E-state index contributed by atoms with van der Waals surface area (Å²) in [5, 5.41) is 21.9. The molecule has 4 nitrogen and oxygen atoms in total. The summed E-state index contributed by atoms with van der Waals surface area (Å²) in [7, 11) is 0. The molecule has 0 aliphatic rings. The fourth-order valence-corrected chi connectivity index (χ4v) is 2.21. The molecule has 1 aromatic carbocycles. The van der Waals surface area contributed by atoms with Crippen molar-refractivity contribution in [2.24, 2.45) is 0 Å². The minimum Gasteiger partial charge on any atom is -0.395 e. The lowest BCUT2D eigenvalue weighted by molar-refractivity contribution is 0.299. The van der Waals surface area contributed by atoms with Crippen molar-refractivity contribution in [3.05, 3.63) is 29.3 Å². The van der Waals surface area contributed by atoms with E-state index in [4.69, 9.17) is 0 Å². The molecule has 20 heavy (non-hydrogen) atoms. The van der Waals surface area contributed by atoms with Crippen LogP contribution in [0, 0.1) is 11.3 Å². The van der Waals surface area contributed by atoms with Gasteiger partial charge >= 0.3 is 0 Å². The minimum absolute atomic E-state index is 0.0862. The molecular weight excluding hydrogens is 250 g/mol. The normalized spacial score (nSPS) is 10.6. The van der Waals surface area contributed by atoms with E-state index in [0.717, 1.165) is 30.8 Å². The highest BCUT2D eigenvalue weighted by Gasteiger charge is 2.14. The van der Waals surface area contributed by atoms with Gasteiger partial charge in [0.05, 0.1) is 17.9 Å². The molecule has 0 aliphatic carbocycles. The van der Waals surface area contributed by atoms with E-state index in [0.29, 0.717) is 12.1 Å². The van der Waals surface area contributed by atoms with E-state index in [1.807, 2.05) is 18.2 Å². The van der Waals surface area contributed by atoms with Gasteiger partial charge in [-0.15, -0.1) is 0 Å². The molecule has 0 radical (unpaired) electrons. The Morgan fingerprint density at radius 2 is 2.15 bits per heavy atom. The quantitative estimate of drug-likeness (QED) is 0.715. The third-order valence-corrected chi connectivity index (χ3v) is 3.21. The van der Waals surface area contributed by atoms with E-state index in [2.05, 4.69) is 37.1 Å². The average molecular weight is 275 g/mol. The number of hydrogen-bond acceptors (Lipinski definition) is 4. The lowest BCUT2D eigenvalue weighted by atomic mass is 10.1. The first-order chi connectivity index (χ1) is 9.63. The standard InChI is InChI=1S/C16H25N3O/c1-4-7-18-12-14-5-6-16(15(10-14)11-17)19(8-9-20)13(2)3/h5-6,10,13,18,20H,4,7-9,12H2,1-3H3. The molecule has 1 aromatic rings. The van der Waals surface area contributed by atoms with E-state index in [9.17, 15) is 10.4 Å². The lowest BCUT2D eigenvalue weighted by Gasteiger charge is -2.29. The Labute approximate surface area is 122 Å². The fourth-order valence-electron chi connectivity index (χ4n) is 2.21. The molecule has 4 heteroatoms. The minimum atomic E-state index is 0.0862. The van der Waals surface area contributed by atoms with E-state index < -0.39 is 0 Å². The number of hydrogen-bond donors (Lipinski definition) is 2. The zero-order chi connectivity index (χ0) is 15.0. The van der Waals surface area contributed by atoms with Crippen LogP contribution < -0.4 is 10.2 Å². The summed E-state index contributed by atoms with van der Waals surface area (Å²) in [6, 6.07) is 8.48. The Hall–Kier alpha value is -1.57. The molecule has 2 N–H and O–H groups in total. The second-order valence-corrected chi connectivity index (χ2v) is 5.15. The zero-order valence-corrected chi connectivity index (χ0v) is 12.7. The molecule has 0 amide bonds. The largest absolute Gasteiger partial charge is 0.395 e. The maximum atomic E-state index is 9.35. The van der Waals surface area contributed by atoms with Gasteiger partial charge < -0.3 is 15.3 Å². The van der Waals surface area contributed by atoms with Crippen LogP contribution in [-0.2, 0) is 6.54 Å². The Kier molecular flexibility index (Phi) is 7.06. The molecule has 0 spiro atoms. The smallest absolute Gasteiger partial charge is 0.101 e. The molecule has 110 valence electrons. The van der Waals surface area contributed by atoms with Crippen LogP contribution in [0.4, 0.5) is 5.69 Å². The summed E-state index contributed by atoms with van der Waals surface area (Å²) < 4.78 is 0. The van der Waals surface area contributed by atoms with Crippen molar-refractivity contribution in [1.29, 1.82) is 5.26 Å². The molecule has 0 aliphatic heterocycles. The van der Waals surface area contributed by atoms with Crippen LogP contribution in [-0.4, -0.2) is 30.8 Å². The Bertz CT molecular complexity index is 452. The number of benzene rings is 1. The van der Waals surface area contributed by atoms with Crippen LogP contribution in [0.15, 0.2) is 18.2 Å². The van der Waals surface area contributed by atoms with Gasteiger partial charge in [0, 0.05) is 19.1 Å². The van der Waals surface area contributed by atoms with Gasteiger partial charge in [-0.05, 0) is 44.5 Å². The molecule has 0 fully saturated rings. The van der Waals surface area contributed by atoms with E-state index >= 15 is 0 Å². The van der Waals surface area contributed by atoms with Crippen LogP contribution in [0.5, 0.6) is 0 Å². The second-order valence-electron chi connectivity index (χ2n) is 5.15. The van der Waals surface area contributed by atoms with Gasteiger partial charge in [-0.2, -0.15) is 5.26 Å². The van der Waals surface area contributed by atoms with Crippen molar-refractivity contribution < 1.29 is 5.11 Å². The van der Waals surface area contributed by atoms with Crippen LogP contribution in [0.25, 0.3) is 0 Å². The number of rotatable bonds is 8. The van der Waals surface area contributed by atoms with Crippen LogP contribution in [0.2, 0.25) is 0 Å². The van der Waals surface area contributed by atoms with Crippen molar-refractivity contribution >= 4 is 5.69 Å². The summed E-state index contributed by atoms with van der Waals surface area (Å²) in [4.78, 5) is 2.06. The first-order valence-electron chi connectivity index (χ1n) is 7.25. The first-order valence-corrected chi connectivity index (χ1v) is 7.25. The van der Waals surface area contributed by atoms with Crippen molar-refractivity contribution in [2.75, 3.05) is 24.6 Å². The topological polar surface area (TPSA) is 59.3 Å². The monoisotopic (exact) mass is 275 g/mol. The van der Waals surface area contributed by atoms with Crippen molar-refractivity contribution in [2.45, 2.75) is 39.8 Å². The zero-order valence-electron chi connectivity index (χ0n) is 12.7. The number of nitrogens with one attached hydrogen (secondary N) is 1. The van der Waals surface area contributed by atoms with Crippen molar-refractivity contribution in [3.63, 3.8) is 0 Å². The molecule has 0 unspecified atom stereocenters. The molecule has 0 saturated carbocycles. The molecule has 0 saturated heterocycles. The summed E-state index contributed by atoms with van der Waals surface area (Å²) >= 11 is 0. The Morgan fingerprint density at radius 1 is 1.40 bits per heavy atom. The third-order valence-electron chi connectivity index (χ3n) is 3.21. The van der Waals surface area contributed by atoms with E-state index in [-0.39, 0.29) is 12.6 Å². The Morgan fingerprint density at radius 3 is 2.70 bits per heavy atom. The van der Waals surface area contributed by atoms with Gasteiger partial charge in [0.2, 0.25) is 0 Å². The molecule has 0 atom stereocenters. The summed E-state index contributed by atoms with van der Waals surface area (Å²) in [5.41, 5.74) is 2.69. The SMILES string of the molecule is CCCNCc1ccc(N(CCO)C(C)C)c(C#N)c1. The summed E-state index contributed by atoms with van der Waals surface area (Å²) in [6.07, 6.45) is 1.10. The number of aliphatic hydroxyl groups excluding tert-OH is 1. The van der Waals surface area contributed by atoms with Crippen molar-refractivity contribution in [3.8, 4) is 6.07 Å². The molecule has 0 heterocycles. The molecular formula is C16H25N3O. The van der Waals surface area contributed by atoms with E-state index in [1.165, 1.54) is 0 Å². The summed E-state index contributed by atoms with van der Waals surface area (Å²) in [6.45, 7) is 8.65. The highest BCUT2D eigenvalue weighted by atomic mass is 16.3. The van der Waals surface area contributed by atoms with E-state index in [1.54, 1.807) is 0 Å². The van der Waals surface area contributed by atoms with Gasteiger partial charge in [0.25, 0.3) is 0 Å². The second kappa shape index (κ2) is 8.57. The molecule has 0 aromatic heterocycles. The third kappa shape index (κ3) is 4.52. The number of anilines is 1. The van der Waals surface area contributed by atoms with Crippen LogP contribution in [0.3, 0.4) is 0 Å². The number of aliphatic hydroxyl groups is 1. The van der Waals surface area contributed by atoms with Crippen LogP contribution >= 0.6 is 0 Å². The first kappa shape index (κ1) is 16.5. The lowest BCUT2D eigenvalue weighted by Crippen LogP contribution is -2.34. The Balaban J connectivity index is 2.94. The number of nitriles is 1. The van der Waals surface area contributed by atoms with Gasteiger partial charge in [0.1, 0.15) is 6.07 Å². The number of nitrogens with zero attached hydrogens (tertiary/aromatic N) is 2. The molecule has 1 rings (SSSR count). The highest BCUT2D eigenvalue weighted by Crippen LogP contribution is 2.23. The van der Waals surface area contributed by atoms with Crippen LogP contribution in [0.1, 0.15) is 38.3 Å². The molecule has 0 bridgehead atoms. The maximum absolute atomic E-state index is 9.35. The average Bonchev–Trinajstić information content (AvgIpc) is 2.45. The van der Waals surface area contributed by atoms with Crippen molar-refractivity contribution in [1.82, 2.24) is 5.32 Å². The van der Waals surface area contributed by atoms with Gasteiger partial charge in [-0.3, -0.25) is 0 Å². The van der Waals surface area contributed by atoms with Gasteiger partial charge in [0.15, 0.2) is 0 Å².